The lowest BCUT2D eigenvalue weighted by atomic mass is 10.2. The van der Waals surface area contributed by atoms with Gasteiger partial charge >= 0.3 is 0 Å². The summed E-state index contributed by atoms with van der Waals surface area (Å²) in [6, 6.07) is 15.2. The van der Waals surface area contributed by atoms with Gasteiger partial charge < -0.3 is 10.1 Å². The van der Waals surface area contributed by atoms with Crippen molar-refractivity contribution in [1.82, 2.24) is 20.1 Å². The minimum atomic E-state index is -0.155. The van der Waals surface area contributed by atoms with Crippen LogP contribution in [0.25, 0.3) is 11.4 Å². The van der Waals surface area contributed by atoms with Gasteiger partial charge in [-0.3, -0.25) is 14.5 Å². The molecule has 0 fully saturated rings. The van der Waals surface area contributed by atoms with Crippen LogP contribution in [0.15, 0.2) is 60.9 Å². The average molecular weight is 336 g/mol. The lowest BCUT2D eigenvalue weighted by molar-refractivity contribution is -0.123. The molecular formula is C19H20N4O2. The van der Waals surface area contributed by atoms with Crippen LogP contribution in [0.4, 0.5) is 0 Å². The van der Waals surface area contributed by atoms with Crippen molar-refractivity contribution in [2.24, 2.45) is 0 Å². The highest BCUT2D eigenvalue weighted by atomic mass is 16.5. The summed E-state index contributed by atoms with van der Waals surface area (Å²) < 4.78 is 7.23. The Balaban J connectivity index is 1.41. The molecule has 128 valence electrons. The highest BCUT2D eigenvalue weighted by molar-refractivity contribution is 5.77. The highest BCUT2D eigenvalue weighted by Gasteiger charge is 2.05. The Bertz CT molecular complexity index is 813. The maximum Gasteiger partial charge on any atom is 0.258 e. The van der Waals surface area contributed by atoms with Crippen molar-refractivity contribution in [3.05, 3.63) is 66.5 Å². The number of hydrogen-bond donors (Lipinski definition) is 1. The van der Waals surface area contributed by atoms with Crippen LogP contribution in [-0.4, -0.2) is 33.8 Å². The fourth-order valence-corrected chi connectivity index (χ4v) is 2.28. The van der Waals surface area contributed by atoms with Gasteiger partial charge in [0.15, 0.2) is 6.61 Å². The molecule has 0 radical (unpaired) electrons. The van der Waals surface area contributed by atoms with Gasteiger partial charge in [0.1, 0.15) is 11.4 Å². The third-order valence-corrected chi connectivity index (χ3v) is 3.62. The molecule has 3 rings (SSSR count). The monoisotopic (exact) mass is 336 g/mol. The Morgan fingerprint density at radius 2 is 1.96 bits per heavy atom. The van der Waals surface area contributed by atoms with E-state index in [4.69, 9.17) is 4.74 Å². The smallest absolute Gasteiger partial charge is 0.258 e. The SMILES string of the molecule is Cc1ccc(OCC(=O)NCCn2ccc(-c3ccccn3)n2)cc1. The van der Waals surface area contributed by atoms with Gasteiger partial charge in [-0.05, 0) is 37.3 Å². The van der Waals surface area contributed by atoms with Gasteiger partial charge in [0.25, 0.3) is 5.91 Å². The van der Waals surface area contributed by atoms with E-state index < -0.39 is 0 Å². The number of nitrogens with zero attached hydrogens (tertiary/aromatic N) is 3. The van der Waals surface area contributed by atoms with Crippen molar-refractivity contribution in [2.75, 3.05) is 13.2 Å². The number of carbonyl (C=O) groups excluding carboxylic acids is 1. The second kappa shape index (κ2) is 8.10. The van der Waals surface area contributed by atoms with Gasteiger partial charge in [-0.15, -0.1) is 0 Å². The summed E-state index contributed by atoms with van der Waals surface area (Å²) in [5.74, 6) is 0.533. The van der Waals surface area contributed by atoms with E-state index in [1.165, 1.54) is 0 Å². The molecule has 25 heavy (non-hydrogen) atoms. The van der Waals surface area contributed by atoms with Crippen LogP contribution in [-0.2, 0) is 11.3 Å². The van der Waals surface area contributed by atoms with Crippen molar-refractivity contribution in [1.29, 1.82) is 0 Å². The first-order chi connectivity index (χ1) is 12.2. The van der Waals surface area contributed by atoms with E-state index in [0.29, 0.717) is 18.8 Å². The summed E-state index contributed by atoms with van der Waals surface area (Å²) in [5, 5.41) is 7.27. The van der Waals surface area contributed by atoms with E-state index in [-0.39, 0.29) is 12.5 Å². The largest absolute Gasteiger partial charge is 0.484 e. The third kappa shape index (κ3) is 4.91. The number of ether oxygens (including phenoxy) is 1. The molecule has 0 aliphatic carbocycles. The number of amides is 1. The average Bonchev–Trinajstić information content (AvgIpc) is 3.11. The zero-order valence-electron chi connectivity index (χ0n) is 14.1. The standard InChI is InChI=1S/C19H20N4O2/c1-15-5-7-16(8-6-15)25-14-19(24)21-11-13-23-12-9-18(22-23)17-4-2-3-10-20-17/h2-10,12H,11,13-14H2,1H3,(H,21,24). The Hall–Kier alpha value is -3.15. The van der Waals surface area contributed by atoms with Gasteiger partial charge in [-0.25, -0.2) is 0 Å². The number of hydrogen-bond acceptors (Lipinski definition) is 4. The van der Waals surface area contributed by atoms with Crippen molar-refractivity contribution >= 4 is 5.91 Å². The Kier molecular flexibility index (Phi) is 5.41. The number of pyridine rings is 1. The second-order valence-electron chi connectivity index (χ2n) is 5.63. The molecular weight excluding hydrogens is 316 g/mol. The van der Waals surface area contributed by atoms with Crippen LogP contribution in [0.3, 0.4) is 0 Å². The molecule has 2 aromatic heterocycles. The molecule has 6 heteroatoms. The minimum Gasteiger partial charge on any atom is -0.484 e. The Morgan fingerprint density at radius 1 is 1.12 bits per heavy atom. The molecule has 0 aliphatic rings. The molecule has 0 atom stereocenters. The van der Waals surface area contributed by atoms with Crippen LogP contribution >= 0.6 is 0 Å². The molecule has 6 nitrogen and oxygen atoms in total. The van der Waals surface area contributed by atoms with Gasteiger partial charge in [0, 0.05) is 18.9 Å². The first-order valence-electron chi connectivity index (χ1n) is 8.12. The number of aryl methyl sites for hydroxylation is 1. The molecule has 0 saturated carbocycles. The first-order valence-corrected chi connectivity index (χ1v) is 8.12. The number of aromatic nitrogens is 3. The van der Waals surface area contributed by atoms with Gasteiger partial charge in [0.2, 0.25) is 0 Å². The van der Waals surface area contributed by atoms with E-state index >= 15 is 0 Å². The number of rotatable bonds is 7. The van der Waals surface area contributed by atoms with E-state index in [9.17, 15) is 4.79 Å². The molecule has 2 heterocycles. The van der Waals surface area contributed by atoms with Crippen LogP contribution in [0.2, 0.25) is 0 Å². The maximum absolute atomic E-state index is 11.8. The molecule has 0 spiro atoms. The second-order valence-corrected chi connectivity index (χ2v) is 5.63. The summed E-state index contributed by atoms with van der Waals surface area (Å²) >= 11 is 0. The predicted octanol–water partition coefficient (Wildman–Crippen LogP) is 2.45. The molecule has 0 unspecified atom stereocenters. The van der Waals surface area contributed by atoms with E-state index in [1.807, 2.05) is 61.7 Å². The van der Waals surface area contributed by atoms with Gasteiger partial charge in [-0.1, -0.05) is 23.8 Å². The Morgan fingerprint density at radius 3 is 2.72 bits per heavy atom. The van der Waals surface area contributed by atoms with E-state index in [0.717, 1.165) is 17.0 Å². The van der Waals surface area contributed by atoms with Gasteiger partial charge in [0.05, 0.1) is 12.2 Å². The zero-order valence-corrected chi connectivity index (χ0v) is 14.1. The van der Waals surface area contributed by atoms with Crippen molar-refractivity contribution < 1.29 is 9.53 Å². The third-order valence-electron chi connectivity index (χ3n) is 3.62. The highest BCUT2D eigenvalue weighted by Crippen LogP contribution is 2.12. The minimum absolute atomic E-state index is 0.00134. The quantitative estimate of drug-likeness (QED) is 0.719. The van der Waals surface area contributed by atoms with E-state index in [2.05, 4.69) is 15.4 Å². The summed E-state index contributed by atoms with van der Waals surface area (Å²) in [6.45, 7) is 3.08. The van der Waals surface area contributed by atoms with Crippen molar-refractivity contribution in [3.8, 4) is 17.1 Å². The molecule has 0 bridgehead atoms. The van der Waals surface area contributed by atoms with E-state index in [1.54, 1.807) is 10.9 Å². The molecule has 0 saturated heterocycles. The topological polar surface area (TPSA) is 69.0 Å². The fraction of sp³-hybridized carbons (Fsp3) is 0.211. The number of carbonyl (C=O) groups is 1. The molecule has 0 aliphatic heterocycles. The lowest BCUT2D eigenvalue weighted by Gasteiger charge is -2.08. The first kappa shape index (κ1) is 16.7. The number of benzene rings is 1. The van der Waals surface area contributed by atoms with Crippen LogP contribution in [0, 0.1) is 6.92 Å². The summed E-state index contributed by atoms with van der Waals surface area (Å²) in [6.07, 6.45) is 3.61. The van der Waals surface area contributed by atoms with Crippen LogP contribution in [0.1, 0.15) is 5.56 Å². The lowest BCUT2D eigenvalue weighted by Crippen LogP contribution is -2.31. The maximum atomic E-state index is 11.8. The fourth-order valence-electron chi connectivity index (χ4n) is 2.28. The van der Waals surface area contributed by atoms with Gasteiger partial charge in [-0.2, -0.15) is 5.10 Å². The predicted molar refractivity (Wildman–Crippen MR) is 95.1 cm³/mol. The number of nitrogens with one attached hydrogen (secondary N) is 1. The summed E-state index contributed by atoms with van der Waals surface area (Å²) in [5.41, 5.74) is 2.80. The summed E-state index contributed by atoms with van der Waals surface area (Å²) in [4.78, 5) is 16.1. The molecule has 1 aromatic carbocycles. The molecule has 1 N–H and O–H groups in total. The zero-order chi connectivity index (χ0) is 17.5. The van der Waals surface area contributed by atoms with Crippen LogP contribution in [0.5, 0.6) is 5.75 Å². The Labute approximate surface area is 146 Å². The molecule has 3 aromatic rings. The van der Waals surface area contributed by atoms with Crippen molar-refractivity contribution in [2.45, 2.75) is 13.5 Å². The molecule has 1 amide bonds. The van der Waals surface area contributed by atoms with Crippen molar-refractivity contribution in [3.63, 3.8) is 0 Å². The summed E-state index contributed by atoms with van der Waals surface area (Å²) in [7, 11) is 0. The normalized spacial score (nSPS) is 10.4. The van der Waals surface area contributed by atoms with Crippen LogP contribution < -0.4 is 10.1 Å².